The first-order valence-corrected chi connectivity index (χ1v) is 9.46. The fourth-order valence-electron chi connectivity index (χ4n) is 4.03. The molecule has 3 atom stereocenters. The summed E-state index contributed by atoms with van der Waals surface area (Å²) in [5, 5.41) is 11.4. The van der Waals surface area contributed by atoms with Crippen LogP contribution in [-0.2, 0) is 10.3 Å². The van der Waals surface area contributed by atoms with Crippen LogP contribution in [-0.4, -0.2) is 29.4 Å². The van der Waals surface area contributed by atoms with Crippen molar-refractivity contribution in [1.29, 1.82) is 5.26 Å². The van der Waals surface area contributed by atoms with E-state index in [-0.39, 0.29) is 34.1 Å². The topological polar surface area (TPSA) is 113 Å². The molecule has 1 aromatic heterocycles. The largest absolute Gasteiger partial charge is 0.462 e. The van der Waals surface area contributed by atoms with Crippen LogP contribution in [0.25, 0.3) is 0 Å². The highest BCUT2D eigenvalue weighted by Crippen LogP contribution is 2.56. The molecule has 0 saturated heterocycles. The van der Waals surface area contributed by atoms with Crippen molar-refractivity contribution in [3.8, 4) is 6.07 Å². The number of carbonyl (C=O) groups is 1. The second kappa shape index (κ2) is 7.27. The number of nitrogens with zero attached hydrogens (tertiary/aromatic N) is 3. The number of carbonyl (C=O) groups excluding carboxylic acids is 1. The Hall–Kier alpha value is -3.61. The van der Waals surface area contributed by atoms with Gasteiger partial charge in [-0.3, -0.25) is 4.79 Å². The number of rotatable bonds is 4. The van der Waals surface area contributed by atoms with Crippen LogP contribution < -0.4 is 11.1 Å². The molecule has 160 valence electrons. The van der Waals surface area contributed by atoms with Gasteiger partial charge in [0.15, 0.2) is 5.54 Å². The van der Waals surface area contributed by atoms with Gasteiger partial charge in [0.2, 0.25) is 0 Å². The summed E-state index contributed by atoms with van der Waals surface area (Å²) >= 11 is 0. The maximum absolute atomic E-state index is 14.7. The lowest BCUT2D eigenvalue weighted by atomic mass is 9.82. The first-order valence-electron chi connectivity index (χ1n) is 9.46. The number of nitriles is 1. The zero-order valence-electron chi connectivity index (χ0n) is 16.6. The third-order valence-electron chi connectivity index (χ3n) is 5.65. The van der Waals surface area contributed by atoms with E-state index in [2.05, 4.69) is 15.3 Å². The Morgan fingerprint density at radius 1 is 1.39 bits per heavy atom. The number of aliphatic imine (C=N–C) groups is 1. The second-order valence-electron chi connectivity index (χ2n) is 7.66. The number of halogens is 3. The standard InChI is InChI=1S/C21H18F3N5O2/c1-9-3-11(7-25)8-27-17(9)18(30)28-12-4-13(10(2)15(22)5-12)21(19(23)24)14-6-16(14)31-20(26)29-21/h3-5,8,14,16,19H,6H2,1-2H3,(H2,26,29)(H,28,30)/t14-,16?,21+/m0/s1. The highest BCUT2D eigenvalue weighted by molar-refractivity contribution is 6.04. The van der Waals surface area contributed by atoms with Crippen molar-refractivity contribution < 1.29 is 22.7 Å². The SMILES string of the molecule is Cc1cc(C#N)cnc1C(=O)Nc1cc(F)c(C)c([C@@]2(C(F)F)N=C(N)OC3C[C@@H]32)c1. The summed E-state index contributed by atoms with van der Waals surface area (Å²) in [6.07, 6.45) is -1.91. The van der Waals surface area contributed by atoms with Gasteiger partial charge in [0, 0.05) is 17.8 Å². The lowest BCUT2D eigenvalue weighted by Gasteiger charge is -2.34. The molecule has 1 unspecified atom stereocenters. The first kappa shape index (κ1) is 20.7. The van der Waals surface area contributed by atoms with Crippen LogP contribution in [0.3, 0.4) is 0 Å². The highest BCUT2D eigenvalue weighted by atomic mass is 19.3. The zero-order valence-corrected chi connectivity index (χ0v) is 16.6. The number of ether oxygens (including phenoxy) is 1. The van der Waals surface area contributed by atoms with Crippen molar-refractivity contribution in [3.63, 3.8) is 0 Å². The average molecular weight is 429 g/mol. The van der Waals surface area contributed by atoms with Crippen molar-refractivity contribution >= 4 is 17.6 Å². The van der Waals surface area contributed by atoms with Gasteiger partial charge in [-0.25, -0.2) is 23.1 Å². The van der Waals surface area contributed by atoms with E-state index in [4.69, 9.17) is 15.7 Å². The molecule has 0 spiro atoms. The molecule has 2 heterocycles. The van der Waals surface area contributed by atoms with Gasteiger partial charge in [-0.1, -0.05) is 0 Å². The number of amidine groups is 1. The summed E-state index contributed by atoms with van der Waals surface area (Å²) in [4.78, 5) is 20.5. The van der Waals surface area contributed by atoms with Crippen molar-refractivity contribution in [3.05, 3.63) is 58.2 Å². The van der Waals surface area contributed by atoms with Gasteiger partial charge >= 0.3 is 0 Å². The molecule has 0 bridgehead atoms. The molecule has 3 N–H and O–H groups in total. The number of amides is 1. The monoisotopic (exact) mass is 429 g/mol. The van der Waals surface area contributed by atoms with E-state index in [0.717, 1.165) is 6.07 Å². The quantitative estimate of drug-likeness (QED) is 0.775. The second-order valence-corrected chi connectivity index (χ2v) is 7.66. The van der Waals surface area contributed by atoms with Gasteiger partial charge in [-0.05, 0) is 55.2 Å². The van der Waals surface area contributed by atoms with Crippen LogP contribution in [0.5, 0.6) is 0 Å². The number of fused-ring (bicyclic) bond motifs is 1. The summed E-state index contributed by atoms with van der Waals surface area (Å²) < 4.78 is 48.7. The molecule has 4 rings (SSSR count). The number of hydrogen-bond donors (Lipinski definition) is 2. The number of aryl methyl sites for hydroxylation is 1. The Kier molecular flexibility index (Phi) is 4.84. The minimum Gasteiger partial charge on any atom is -0.462 e. The molecule has 1 aliphatic carbocycles. The number of benzene rings is 1. The number of nitrogens with one attached hydrogen (secondary N) is 1. The molecular formula is C21H18F3N5O2. The molecule has 2 aromatic rings. The first-order chi connectivity index (χ1) is 14.7. The predicted molar refractivity (Wildman–Crippen MR) is 105 cm³/mol. The molecule has 1 aromatic carbocycles. The average Bonchev–Trinajstić information content (AvgIpc) is 3.49. The van der Waals surface area contributed by atoms with Gasteiger partial charge in [0.25, 0.3) is 18.4 Å². The van der Waals surface area contributed by atoms with E-state index in [9.17, 15) is 18.0 Å². The lowest BCUT2D eigenvalue weighted by molar-refractivity contribution is 0.0191. The van der Waals surface area contributed by atoms with Crippen LogP contribution in [0.2, 0.25) is 0 Å². The number of pyridine rings is 1. The lowest BCUT2D eigenvalue weighted by Crippen LogP contribution is -2.43. The van der Waals surface area contributed by atoms with Crippen molar-refractivity contribution in [2.24, 2.45) is 16.6 Å². The van der Waals surface area contributed by atoms with E-state index < -0.39 is 35.7 Å². The minimum atomic E-state index is -2.96. The van der Waals surface area contributed by atoms with Crippen LogP contribution >= 0.6 is 0 Å². The third-order valence-corrected chi connectivity index (χ3v) is 5.65. The maximum atomic E-state index is 14.7. The van der Waals surface area contributed by atoms with Crippen LogP contribution in [0.1, 0.15) is 39.2 Å². The molecule has 1 aliphatic heterocycles. The number of anilines is 1. The predicted octanol–water partition coefficient (Wildman–Crippen LogP) is 3.16. The molecule has 0 radical (unpaired) electrons. The third kappa shape index (κ3) is 3.36. The van der Waals surface area contributed by atoms with Gasteiger partial charge < -0.3 is 15.8 Å². The van der Waals surface area contributed by atoms with E-state index in [1.165, 1.54) is 25.3 Å². The Morgan fingerprint density at radius 3 is 2.77 bits per heavy atom. The number of aromatic nitrogens is 1. The number of nitrogens with two attached hydrogens (primary N) is 1. The van der Waals surface area contributed by atoms with Gasteiger partial charge in [-0.2, -0.15) is 5.26 Å². The Morgan fingerprint density at radius 2 is 2.13 bits per heavy atom. The van der Waals surface area contributed by atoms with Crippen molar-refractivity contribution in [1.82, 2.24) is 4.98 Å². The van der Waals surface area contributed by atoms with Crippen LogP contribution in [0, 0.1) is 36.9 Å². The fourth-order valence-corrected chi connectivity index (χ4v) is 4.03. The molecular weight excluding hydrogens is 411 g/mol. The van der Waals surface area contributed by atoms with E-state index in [0.29, 0.717) is 12.0 Å². The van der Waals surface area contributed by atoms with Crippen molar-refractivity contribution in [2.45, 2.75) is 38.3 Å². The zero-order chi connectivity index (χ0) is 22.5. The van der Waals surface area contributed by atoms with E-state index in [1.54, 1.807) is 6.92 Å². The maximum Gasteiger partial charge on any atom is 0.283 e. The highest BCUT2D eigenvalue weighted by Gasteiger charge is 2.64. The summed E-state index contributed by atoms with van der Waals surface area (Å²) in [7, 11) is 0. The van der Waals surface area contributed by atoms with E-state index in [1.807, 2.05) is 6.07 Å². The Labute approximate surface area is 175 Å². The molecule has 1 saturated carbocycles. The number of alkyl halides is 2. The summed E-state index contributed by atoms with van der Waals surface area (Å²) in [6.45, 7) is 2.98. The summed E-state index contributed by atoms with van der Waals surface area (Å²) in [5.74, 6) is -2.08. The fraction of sp³-hybridized carbons (Fsp3) is 0.333. The molecule has 2 aliphatic rings. The Balaban J connectivity index is 1.75. The normalized spacial score (nSPS) is 24.0. The molecule has 10 heteroatoms. The molecule has 7 nitrogen and oxygen atoms in total. The van der Waals surface area contributed by atoms with Gasteiger partial charge in [-0.15, -0.1) is 0 Å². The van der Waals surface area contributed by atoms with Gasteiger partial charge in [0.05, 0.1) is 5.56 Å². The molecule has 1 amide bonds. The smallest absolute Gasteiger partial charge is 0.283 e. The molecule has 31 heavy (non-hydrogen) atoms. The summed E-state index contributed by atoms with van der Waals surface area (Å²) in [5.41, 5.74) is 4.24. The van der Waals surface area contributed by atoms with Crippen LogP contribution in [0.4, 0.5) is 18.9 Å². The molecule has 1 fully saturated rings. The minimum absolute atomic E-state index is 0.00456. The van der Waals surface area contributed by atoms with Crippen LogP contribution in [0.15, 0.2) is 29.4 Å². The van der Waals surface area contributed by atoms with Gasteiger partial charge in [0.1, 0.15) is 23.7 Å². The summed E-state index contributed by atoms with van der Waals surface area (Å²) in [6, 6.07) is 5.38. The van der Waals surface area contributed by atoms with E-state index >= 15 is 0 Å². The Bertz CT molecular complexity index is 1160. The van der Waals surface area contributed by atoms with Crippen molar-refractivity contribution in [2.75, 3.05) is 5.32 Å². The number of hydrogen-bond acceptors (Lipinski definition) is 6.